The first kappa shape index (κ1) is 10.8. The zero-order valence-electron chi connectivity index (χ0n) is 9.95. The first-order valence-electron chi connectivity index (χ1n) is 6.24. The molecule has 0 amide bonds. The minimum Gasteiger partial charge on any atom is -0.370 e. The topological polar surface area (TPSA) is 41.6 Å². The van der Waals surface area contributed by atoms with Gasteiger partial charge in [-0.15, -0.1) is 0 Å². The van der Waals surface area contributed by atoms with Crippen molar-refractivity contribution in [2.75, 3.05) is 7.05 Å². The quantitative estimate of drug-likeness (QED) is 0.570. The number of hydrogen-bond acceptors (Lipinski definition) is 1. The van der Waals surface area contributed by atoms with Gasteiger partial charge in [0.05, 0.1) is 6.04 Å². The molecule has 3 nitrogen and oxygen atoms in total. The highest BCUT2D eigenvalue weighted by molar-refractivity contribution is 5.78. The SMILES string of the molecule is CC(C1CC1)N(C)C(N)=NC1CCCC1. The largest absolute Gasteiger partial charge is 0.370 e. The number of nitrogens with zero attached hydrogens (tertiary/aromatic N) is 2. The Morgan fingerprint density at radius 2 is 1.87 bits per heavy atom. The van der Waals surface area contributed by atoms with Crippen LogP contribution in [0.3, 0.4) is 0 Å². The number of rotatable bonds is 3. The molecule has 86 valence electrons. The third kappa shape index (κ3) is 2.64. The molecule has 1 atom stereocenters. The van der Waals surface area contributed by atoms with Gasteiger partial charge in [-0.05, 0) is 38.5 Å². The average Bonchev–Trinajstić information content (AvgIpc) is 2.96. The summed E-state index contributed by atoms with van der Waals surface area (Å²) in [5, 5.41) is 0. The van der Waals surface area contributed by atoms with Crippen molar-refractivity contribution < 1.29 is 0 Å². The van der Waals surface area contributed by atoms with Gasteiger partial charge in [0.25, 0.3) is 0 Å². The predicted octanol–water partition coefficient (Wildman–Crippen LogP) is 1.97. The fraction of sp³-hybridized carbons (Fsp3) is 0.917. The van der Waals surface area contributed by atoms with Gasteiger partial charge in [0, 0.05) is 13.1 Å². The molecule has 1 unspecified atom stereocenters. The molecule has 2 aliphatic rings. The van der Waals surface area contributed by atoms with Crippen LogP contribution in [-0.2, 0) is 0 Å². The summed E-state index contributed by atoms with van der Waals surface area (Å²) in [6.07, 6.45) is 7.83. The molecule has 0 aromatic rings. The van der Waals surface area contributed by atoms with Crippen LogP contribution < -0.4 is 5.73 Å². The lowest BCUT2D eigenvalue weighted by Gasteiger charge is -2.26. The van der Waals surface area contributed by atoms with E-state index in [1.165, 1.54) is 38.5 Å². The summed E-state index contributed by atoms with van der Waals surface area (Å²) in [6, 6.07) is 1.06. The molecule has 0 aromatic carbocycles. The van der Waals surface area contributed by atoms with Crippen LogP contribution >= 0.6 is 0 Å². The van der Waals surface area contributed by atoms with Gasteiger partial charge in [0.2, 0.25) is 0 Å². The smallest absolute Gasteiger partial charge is 0.191 e. The Balaban J connectivity index is 1.89. The van der Waals surface area contributed by atoms with Crippen LogP contribution in [0.25, 0.3) is 0 Å². The van der Waals surface area contributed by atoms with Crippen LogP contribution in [0.4, 0.5) is 0 Å². The molecule has 2 saturated carbocycles. The van der Waals surface area contributed by atoms with E-state index in [2.05, 4.69) is 23.9 Å². The number of hydrogen-bond donors (Lipinski definition) is 1. The summed E-state index contributed by atoms with van der Waals surface area (Å²) >= 11 is 0. The maximum atomic E-state index is 6.04. The van der Waals surface area contributed by atoms with Gasteiger partial charge in [0.15, 0.2) is 5.96 Å². The summed E-state index contributed by atoms with van der Waals surface area (Å²) in [5.41, 5.74) is 6.04. The van der Waals surface area contributed by atoms with Gasteiger partial charge < -0.3 is 10.6 Å². The Labute approximate surface area is 92.7 Å². The second-order valence-corrected chi connectivity index (χ2v) is 5.11. The summed E-state index contributed by atoms with van der Waals surface area (Å²) in [5.74, 6) is 1.61. The van der Waals surface area contributed by atoms with Gasteiger partial charge in [0.1, 0.15) is 0 Å². The van der Waals surface area contributed by atoms with Gasteiger partial charge >= 0.3 is 0 Å². The van der Waals surface area contributed by atoms with E-state index >= 15 is 0 Å². The van der Waals surface area contributed by atoms with Crippen molar-refractivity contribution in [3.8, 4) is 0 Å². The van der Waals surface area contributed by atoms with Crippen LogP contribution in [0.5, 0.6) is 0 Å². The molecular weight excluding hydrogens is 186 g/mol. The lowest BCUT2D eigenvalue weighted by Crippen LogP contribution is -2.42. The maximum absolute atomic E-state index is 6.04. The van der Waals surface area contributed by atoms with Crippen molar-refractivity contribution in [1.29, 1.82) is 0 Å². The van der Waals surface area contributed by atoms with E-state index in [-0.39, 0.29) is 0 Å². The van der Waals surface area contributed by atoms with Gasteiger partial charge in [-0.2, -0.15) is 0 Å². The molecule has 0 heterocycles. The maximum Gasteiger partial charge on any atom is 0.191 e. The molecular formula is C12H23N3. The summed E-state index contributed by atoms with van der Waals surface area (Å²) in [7, 11) is 2.08. The van der Waals surface area contributed by atoms with Crippen LogP contribution in [0.2, 0.25) is 0 Å². The predicted molar refractivity (Wildman–Crippen MR) is 63.8 cm³/mol. The third-order valence-electron chi connectivity index (χ3n) is 3.92. The second-order valence-electron chi connectivity index (χ2n) is 5.11. The highest BCUT2D eigenvalue weighted by Crippen LogP contribution is 2.34. The minimum absolute atomic E-state index is 0.499. The van der Waals surface area contributed by atoms with Crippen LogP contribution in [0, 0.1) is 5.92 Å². The number of aliphatic imine (C=N–C) groups is 1. The van der Waals surface area contributed by atoms with Crippen LogP contribution in [0.1, 0.15) is 45.4 Å². The Morgan fingerprint density at radius 3 is 2.40 bits per heavy atom. The Kier molecular flexibility index (Phi) is 3.17. The highest BCUT2D eigenvalue weighted by atomic mass is 15.3. The van der Waals surface area contributed by atoms with Crippen molar-refractivity contribution in [2.45, 2.75) is 57.5 Å². The monoisotopic (exact) mass is 209 g/mol. The Bertz CT molecular complexity index is 239. The molecule has 0 aliphatic heterocycles. The van der Waals surface area contributed by atoms with Crippen LogP contribution in [-0.4, -0.2) is 30.0 Å². The third-order valence-corrected chi connectivity index (χ3v) is 3.92. The second kappa shape index (κ2) is 4.42. The molecule has 2 N–H and O–H groups in total. The summed E-state index contributed by atoms with van der Waals surface area (Å²) in [6.45, 7) is 2.26. The van der Waals surface area contributed by atoms with E-state index in [0.717, 1.165) is 11.9 Å². The van der Waals surface area contributed by atoms with E-state index in [4.69, 9.17) is 5.73 Å². The van der Waals surface area contributed by atoms with Crippen molar-refractivity contribution >= 4 is 5.96 Å². The molecule has 2 aliphatic carbocycles. The highest BCUT2D eigenvalue weighted by Gasteiger charge is 2.31. The zero-order valence-corrected chi connectivity index (χ0v) is 9.95. The van der Waals surface area contributed by atoms with Gasteiger partial charge in [-0.1, -0.05) is 12.8 Å². The Hall–Kier alpha value is -0.730. The molecule has 0 saturated heterocycles. The molecule has 2 rings (SSSR count). The van der Waals surface area contributed by atoms with Crippen molar-refractivity contribution in [2.24, 2.45) is 16.6 Å². The fourth-order valence-electron chi connectivity index (χ4n) is 2.41. The Morgan fingerprint density at radius 1 is 1.27 bits per heavy atom. The molecule has 2 fully saturated rings. The van der Waals surface area contributed by atoms with E-state index in [0.29, 0.717) is 12.1 Å². The number of guanidine groups is 1. The van der Waals surface area contributed by atoms with Gasteiger partial charge in [-0.3, -0.25) is 0 Å². The van der Waals surface area contributed by atoms with Crippen LogP contribution in [0.15, 0.2) is 4.99 Å². The summed E-state index contributed by atoms with van der Waals surface area (Å²) in [4.78, 5) is 6.79. The molecule has 0 bridgehead atoms. The fourth-order valence-corrected chi connectivity index (χ4v) is 2.41. The standard InChI is InChI=1S/C12H23N3/c1-9(10-7-8-10)15(2)12(13)14-11-5-3-4-6-11/h9-11H,3-8H2,1-2H3,(H2,13,14). The molecule has 0 radical (unpaired) electrons. The molecule has 15 heavy (non-hydrogen) atoms. The molecule has 0 aromatic heterocycles. The lowest BCUT2D eigenvalue weighted by molar-refractivity contribution is 0.347. The van der Waals surface area contributed by atoms with Crippen molar-refractivity contribution in [1.82, 2.24) is 4.90 Å². The first-order chi connectivity index (χ1) is 7.18. The van der Waals surface area contributed by atoms with Crippen molar-refractivity contribution in [3.05, 3.63) is 0 Å². The first-order valence-corrected chi connectivity index (χ1v) is 6.24. The molecule has 3 heteroatoms. The van der Waals surface area contributed by atoms with E-state index in [9.17, 15) is 0 Å². The minimum atomic E-state index is 0.499. The van der Waals surface area contributed by atoms with Gasteiger partial charge in [-0.25, -0.2) is 4.99 Å². The van der Waals surface area contributed by atoms with E-state index in [1.54, 1.807) is 0 Å². The molecule has 0 spiro atoms. The normalized spacial score (nSPS) is 25.6. The zero-order chi connectivity index (χ0) is 10.8. The van der Waals surface area contributed by atoms with Crippen molar-refractivity contribution in [3.63, 3.8) is 0 Å². The summed E-state index contributed by atoms with van der Waals surface area (Å²) < 4.78 is 0. The van der Waals surface area contributed by atoms with E-state index in [1.807, 2.05) is 0 Å². The van der Waals surface area contributed by atoms with E-state index < -0.39 is 0 Å². The average molecular weight is 209 g/mol. The lowest BCUT2D eigenvalue weighted by atomic mass is 10.2. The number of nitrogens with two attached hydrogens (primary N) is 1.